The number of nitrogens with one attached hydrogen (secondary N) is 1. The number of fused-ring (bicyclic) bond motifs is 1. The van der Waals surface area contributed by atoms with Crippen molar-refractivity contribution in [3.8, 4) is 0 Å². The highest BCUT2D eigenvalue weighted by molar-refractivity contribution is 5.83. The van der Waals surface area contributed by atoms with Gasteiger partial charge in [0.15, 0.2) is 5.69 Å². The molecule has 0 radical (unpaired) electrons. The van der Waals surface area contributed by atoms with Crippen molar-refractivity contribution in [1.29, 1.82) is 0 Å². The summed E-state index contributed by atoms with van der Waals surface area (Å²) in [5.74, 6) is -4.16. The highest BCUT2D eigenvalue weighted by atomic mass is 19.3. The smallest absolute Gasteiger partial charge is 0.335 e. The normalized spacial score (nSPS) is 11.7. The zero-order valence-electron chi connectivity index (χ0n) is 15.3. The molecule has 0 saturated carbocycles. The molecule has 0 saturated heterocycles. The summed E-state index contributed by atoms with van der Waals surface area (Å²) >= 11 is 0. The molecule has 0 aliphatic carbocycles. The van der Waals surface area contributed by atoms with E-state index in [0.717, 1.165) is 0 Å². The molecule has 0 bridgehead atoms. The van der Waals surface area contributed by atoms with Gasteiger partial charge in [0.2, 0.25) is 5.82 Å². The second-order valence-corrected chi connectivity index (χ2v) is 6.47. The summed E-state index contributed by atoms with van der Waals surface area (Å²) in [4.78, 5) is 3.50. The van der Waals surface area contributed by atoms with Crippen molar-refractivity contribution in [2.75, 3.05) is 0 Å². The number of aromatic amines is 1. The number of aliphatic hydroxyl groups excluding tert-OH is 1. The van der Waals surface area contributed by atoms with E-state index >= 15 is 0 Å². The summed E-state index contributed by atoms with van der Waals surface area (Å²) in [6.07, 6.45) is 0. The van der Waals surface area contributed by atoms with Crippen LogP contribution in [0, 0.1) is 13.5 Å². The van der Waals surface area contributed by atoms with E-state index in [1.165, 1.54) is 12.1 Å². The Labute approximate surface area is 163 Å². The Hall–Kier alpha value is -3.71. The third kappa shape index (κ3) is 3.11. The molecule has 4 aromatic rings. The van der Waals surface area contributed by atoms with E-state index in [-0.39, 0.29) is 18.7 Å². The number of alkyl halides is 2. The predicted molar refractivity (Wildman–Crippen MR) is 99.4 cm³/mol. The number of hydrogen-bond donors (Lipinski definition) is 2. The highest BCUT2D eigenvalue weighted by Crippen LogP contribution is 2.35. The van der Waals surface area contributed by atoms with Crippen molar-refractivity contribution < 1.29 is 13.9 Å². The van der Waals surface area contributed by atoms with Gasteiger partial charge in [0.05, 0.1) is 30.9 Å². The van der Waals surface area contributed by atoms with Crippen LogP contribution in [-0.2, 0) is 19.1 Å². The maximum absolute atomic E-state index is 14.8. The van der Waals surface area contributed by atoms with Crippen molar-refractivity contribution in [1.82, 2.24) is 30.4 Å². The number of benzene rings is 2. The van der Waals surface area contributed by atoms with Crippen LogP contribution in [0.3, 0.4) is 0 Å². The van der Waals surface area contributed by atoms with Crippen LogP contribution < -0.4 is 0 Å². The van der Waals surface area contributed by atoms with Crippen molar-refractivity contribution in [2.45, 2.75) is 26.0 Å². The lowest BCUT2D eigenvalue weighted by Gasteiger charge is -2.14. The summed E-state index contributed by atoms with van der Waals surface area (Å²) in [6.45, 7) is 9.08. The van der Waals surface area contributed by atoms with Gasteiger partial charge in [-0.15, -0.1) is 10.2 Å². The molecule has 10 heteroatoms. The largest absolute Gasteiger partial charge is 0.392 e. The number of H-pyrrole nitrogens is 1. The van der Waals surface area contributed by atoms with E-state index in [1.807, 2.05) is 0 Å². The fourth-order valence-corrected chi connectivity index (χ4v) is 3.29. The van der Waals surface area contributed by atoms with Crippen LogP contribution in [0.25, 0.3) is 15.7 Å². The molecule has 0 fully saturated rings. The van der Waals surface area contributed by atoms with E-state index in [0.29, 0.717) is 33.4 Å². The Morgan fingerprint density at radius 1 is 1.28 bits per heavy atom. The standard InChI is InChI=1S/C19H15F2N7O/c1-11-14-7-6-13(19(20,21)18-23-26-27-24-18)8-17(14)28(25-11)9-15-12(10-29)4-3-5-16(15)22-2/h3-8,29H,9-10H2,1H3,(H,23,24,26,27). The Kier molecular flexibility index (Phi) is 4.52. The van der Waals surface area contributed by atoms with Crippen molar-refractivity contribution in [2.24, 2.45) is 0 Å². The molecule has 2 heterocycles. The molecule has 2 aromatic carbocycles. The molecule has 0 spiro atoms. The lowest BCUT2D eigenvalue weighted by atomic mass is 10.0. The van der Waals surface area contributed by atoms with E-state index in [1.54, 1.807) is 35.9 Å². The number of rotatable bonds is 5. The Morgan fingerprint density at radius 2 is 2.10 bits per heavy atom. The third-order valence-corrected chi connectivity index (χ3v) is 4.77. The summed E-state index contributed by atoms with van der Waals surface area (Å²) in [5, 5.41) is 26.9. The lowest BCUT2D eigenvalue weighted by Crippen LogP contribution is -2.17. The number of hydrogen-bond acceptors (Lipinski definition) is 5. The second-order valence-electron chi connectivity index (χ2n) is 6.47. The summed E-state index contributed by atoms with van der Waals surface area (Å²) in [6, 6.07) is 9.28. The third-order valence-electron chi connectivity index (χ3n) is 4.77. The molecular weight excluding hydrogens is 380 g/mol. The first-order valence-corrected chi connectivity index (χ1v) is 8.64. The molecule has 0 atom stereocenters. The van der Waals surface area contributed by atoms with Crippen LogP contribution in [0.15, 0.2) is 36.4 Å². The molecule has 2 aromatic heterocycles. The van der Waals surface area contributed by atoms with Crippen molar-refractivity contribution >= 4 is 16.6 Å². The number of tetrazole rings is 1. The van der Waals surface area contributed by atoms with Gasteiger partial charge in [-0.1, -0.05) is 30.3 Å². The molecule has 0 aliphatic heterocycles. The van der Waals surface area contributed by atoms with E-state index in [4.69, 9.17) is 6.57 Å². The number of aliphatic hydroxyl groups is 1. The fraction of sp³-hybridized carbons (Fsp3) is 0.211. The molecule has 4 rings (SSSR count). The molecule has 2 N–H and O–H groups in total. The van der Waals surface area contributed by atoms with Gasteiger partial charge in [-0.05, 0) is 29.3 Å². The molecule has 29 heavy (non-hydrogen) atoms. The first kappa shape index (κ1) is 18.6. The maximum atomic E-state index is 14.8. The van der Waals surface area contributed by atoms with Crippen LogP contribution in [0.1, 0.15) is 28.2 Å². The SMILES string of the molecule is [C-]#[N+]c1cccc(CO)c1Cn1nc(C)c2ccc(C(F)(F)c3nn[nH]n3)cc21. The first-order chi connectivity index (χ1) is 14.0. The zero-order chi connectivity index (χ0) is 20.6. The molecular formula is C19H15F2N7O. The van der Waals surface area contributed by atoms with Crippen LogP contribution >= 0.6 is 0 Å². The molecule has 146 valence electrons. The molecule has 0 aliphatic rings. The van der Waals surface area contributed by atoms with Crippen LogP contribution in [0.4, 0.5) is 14.5 Å². The average Bonchev–Trinajstić information content (AvgIpc) is 3.37. The van der Waals surface area contributed by atoms with Crippen molar-refractivity contribution in [3.05, 3.63) is 76.0 Å². The van der Waals surface area contributed by atoms with Crippen LogP contribution in [0.2, 0.25) is 0 Å². The summed E-state index contributed by atoms with van der Waals surface area (Å²) in [5.41, 5.74) is 2.42. The van der Waals surface area contributed by atoms with Gasteiger partial charge >= 0.3 is 5.92 Å². The second kappa shape index (κ2) is 7.03. The maximum Gasteiger partial charge on any atom is 0.335 e. The topological polar surface area (TPSA) is 96.9 Å². The molecule has 0 amide bonds. The van der Waals surface area contributed by atoms with Gasteiger partial charge < -0.3 is 5.11 Å². The van der Waals surface area contributed by atoms with E-state index in [2.05, 4.69) is 30.6 Å². The summed E-state index contributed by atoms with van der Waals surface area (Å²) in [7, 11) is 0. The Bertz CT molecular complexity index is 1230. The predicted octanol–water partition coefficient (Wildman–Crippen LogP) is 3.09. The number of halogens is 2. The van der Waals surface area contributed by atoms with Gasteiger partial charge in [0, 0.05) is 10.9 Å². The number of aryl methyl sites for hydroxylation is 1. The Balaban J connectivity index is 1.84. The minimum Gasteiger partial charge on any atom is -0.392 e. The van der Waals surface area contributed by atoms with Gasteiger partial charge in [-0.2, -0.15) is 19.1 Å². The van der Waals surface area contributed by atoms with Crippen LogP contribution in [-0.4, -0.2) is 35.5 Å². The van der Waals surface area contributed by atoms with Gasteiger partial charge in [0.1, 0.15) is 0 Å². The van der Waals surface area contributed by atoms with Gasteiger partial charge in [-0.3, -0.25) is 4.68 Å². The summed E-state index contributed by atoms with van der Waals surface area (Å²) < 4.78 is 31.1. The fourth-order valence-electron chi connectivity index (χ4n) is 3.29. The molecule has 8 nitrogen and oxygen atoms in total. The van der Waals surface area contributed by atoms with Gasteiger partial charge in [-0.25, -0.2) is 4.85 Å². The first-order valence-electron chi connectivity index (χ1n) is 8.64. The minimum absolute atomic E-state index is 0.163. The lowest BCUT2D eigenvalue weighted by molar-refractivity contribution is 0.0330. The molecule has 0 unspecified atom stereocenters. The van der Waals surface area contributed by atoms with Crippen LogP contribution in [0.5, 0.6) is 0 Å². The monoisotopic (exact) mass is 395 g/mol. The van der Waals surface area contributed by atoms with Crippen molar-refractivity contribution in [3.63, 3.8) is 0 Å². The zero-order valence-corrected chi connectivity index (χ0v) is 15.3. The Morgan fingerprint density at radius 3 is 2.79 bits per heavy atom. The number of nitrogens with zero attached hydrogens (tertiary/aromatic N) is 6. The van der Waals surface area contributed by atoms with E-state index in [9.17, 15) is 13.9 Å². The highest BCUT2D eigenvalue weighted by Gasteiger charge is 2.39. The number of aromatic nitrogens is 6. The minimum atomic E-state index is -3.44. The quantitative estimate of drug-likeness (QED) is 0.506. The van der Waals surface area contributed by atoms with Gasteiger partial charge in [0.25, 0.3) is 0 Å². The van der Waals surface area contributed by atoms with E-state index < -0.39 is 11.7 Å². The average molecular weight is 395 g/mol.